The molecule has 0 aromatic rings. The van der Waals surface area contributed by atoms with Crippen LogP contribution in [0.4, 0.5) is 0 Å². The molecular weight excluding hydrogens is 228 g/mol. The molecule has 4 nitrogen and oxygen atoms in total. The largest absolute Gasteiger partial charge is 0.465 e. The highest BCUT2D eigenvalue weighted by molar-refractivity contribution is 5.75. The normalized spacial score (nSPS) is 16.9. The summed E-state index contributed by atoms with van der Waals surface area (Å²) < 4.78 is 5.06. The van der Waals surface area contributed by atoms with E-state index in [4.69, 9.17) is 4.74 Å². The van der Waals surface area contributed by atoms with Crippen LogP contribution in [-0.4, -0.2) is 50.2 Å². The minimum absolute atomic E-state index is 0.122. The Morgan fingerprint density at radius 2 is 2.11 bits per heavy atom. The van der Waals surface area contributed by atoms with Crippen LogP contribution in [0.15, 0.2) is 0 Å². The van der Waals surface area contributed by atoms with Crippen molar-refractivity contribution in [3.8, 4) is 0 Å². The Kier molecular flexibility index (Phi) is 7.28. The molecule has 1 aliphatic carbocycles. The lowest BCUT2D eigenvalue weighted by Crippen LogP contribution is -2.39. The fraction of sp³-hybridized carbons (Fsp3) is 0.929. The van der Waals surface area contributed by atoms with Gasteiger partial charge in [-0.3, -0.25) is 4.79 Å². The second-order valence-corrected chi connectivity index (χ2v) is 5.13. The molecule has 1 rings (SSSR count). The van der Waals surface area contributed by atoms with Gasteiger partial charge < -0.3 is 15.0 Å². The molecule has 106 valence electrons. The summed E-state index contributed by atoms with van der Waals surface area (Å²) in [5.41, 5.74) is 0. The third-order valence-electron chi connectivity index (χ3n) is 3.41. The molecule has 0 heterocycles. The lowest BCUT2D eigenvalue weighted by Gasteiger charge is -2.23. The molecule has 1 atom stereocenters. The minimum Gasteiger partial charge on any atom is -0.465 e. The number of ether oxygens (including phenoxy) is 1. The van der Waals surface area contributed by atoms with Crippen LogP contribution in [-0.2, 0) is 9.53 Å². The first-order valence-corrected chi connectivity index (χ1v) is 7.27. The topological polar surface area (TPSA) is 41.6 Å². The first kappa shape index (κ1) is 15.4. The summed E-state index contributed by atoms with van der Waals surface area (Å²) in [6, 6.07) is -0.163. The summed E-state index contributed by atoms with van der Waals surface area (Å²) in [6.45, 7) is 7.83. The third kappa shape index (κ3) is 5.83. The van der Waals surface area contributed by atoms with E-state index in [1.54, 1.807) is 0 Å². The lowest BCUT2D eigenvalue weighted by atomic mass is 10.2. The van der Waals surface area contributed by atoms with Gasteiger partial charge in [0.25, 0.3) is 0 Å². The van der Waals surface area contributed by atoms with Gasteiger partial charge in [-0.15, -0.1) is 0 Å². The molecule has 1 aliphatic rings. The molecule has 0 aliphatic heterocycles. The van der Waals surface area contributed by atoms with Crippen LogP contribution in [0.25, 0.3) is 0 Å². The minimum atomic E-state index is -0.163. The van der Waals surface area contributed by atoms with Crippen LogP contribution in [0.2, 0.25) is 0 Å². The van der Waals surface area contributed by atoms with Crippen molar-refractivity contribution in [3.63, 3.8) is 0 Å². The van der Waals surface area contributed by atoms with Crippen molar-refractivity contribution < 1.29 is 9.53 Å². The number of hydrogen-bond acceptors (Lipinski definition) is 4. The van der Waals surface area contributed by atoms with E-state index in [2.05, 4.69) is 17.1 Å². The van der Waals surface area contributed by atoms with Crippen LogP contribution >= 0.6 is 0 Å². The predicted molar refractivity (Wildman–Crippen MR) is 73.6 cm³/mol. The summed E-state index contributed by atoms with van der Waals surface area (Å²) in [5.74, 6) is 0.787. The van der Waals surface area contributed by atoms with Crippen molar-refractivity contribution in [2.45, 2.75) is 45.6 Å². The monoisotopic (exact) mass is 256 g/mol. The Morgan fingerprint density at radius 3 is 2.61 bits per heavy atom. The zero-order valence-corrected chi connectivity index (χ0v) is 12.1. The summed E-state index contributed by atoms with van der Waals surface area (Å²) in [7, 11) is 1.83. The summed E-state index contributed by atoms with van der Waals surface area (Å²) in [6.07, 6.45) is 4.78. The van der Waals surface area contributed by atoms with Crippen molar-refractivity contribution in [3.05, 3.63) is 0 Å². The second kappa shape index (κ2) is 8.48. The van der Waals surface area contributed by atoms with Crippen molar-refractivity contribution >= 4 is 5.97 Å². The van der Waals surface area contributed by atoms with Gasteiger partial charge >= 0.3 is 5.97 Å². The highest BCUT2D eigenvalue weighted by Crippen LogP contribution is 2.29. The van der Waals surface area contributed by atoms with Crippen LogP contribution in [0.3, 0.4) is 0 Å². The number of nitrogens with zero attached hydrogens (tertiary/aromatic N) is 1. The van der Waals surface area contributed by atoms with E-state index in [0.29, 0.717) is 6.61 Å². The molecule has 18 heavy (non-hydrogen) atoms. The summed E-state index contributed by atoms with van der Waals surface area (Å²) in [5, 5.41) is 3.05. The molecular formula is C14H28N2O2. The molecule has 0 aromatic heterocycles. The zero-order chi connectivity index (χ0) is 13.4. The number of carbonyl (C=O) groups is 1. The fourth-order valence-electron chi connectivity index (χ4n) is 2.21. The summed E-state index contributed by atoms with van der Waals surface area (Å²) >= 11 is 0. The third-order valence-corrected chi connectivity index (χ3v) is 3.41. The predicted octanol–water partition coefficient (Wildman–Crippen LogP) is 1.65. The molecule has 0 amide bonds. The van der Waals surface area contributed by atoms with E-state index in [1.165, 1.54) is 25.8 Å². The molecule has 0 aromatic carbocycles. The number of rotatable bonds is 10. The first-order chi connectivity index (χ1) is 8.71. The molecule has 0 spiro atoms. The van der Waals surface area contributed by atoms with E-state index in [-0.39, 0.29) is 12.0 Å². The van der Waals surface area contributed by atoms with E-state index in [0.717, 1.165) is 25.4 Å². The molecule has 0 saturated heterocycles. The van der Waals surface area contributed by atoms with E-state index >= 15 is 0 Å². The molecule has 0 bridgehead atoms. The van der Waals surface area contributed by atoms with Gasteiger partial charge in [-0.2, -0.15) is 0 Å². The Bertz CT molecular complexity index is 242. The van der Waals surface area contributed by atoms with Crippen LogP contribution < -0.4 is 5.32 Å². The van der Waals surface area contributed by atoms with Crippen LogP contribution in [0.5, 0.6) is 0 Å². The van der Waals surface area contributed by atoms with Gasteiger partial charge in [-0.05, 0) is 52.1 Å². The SMILES string of the molecule is CCCN(CCC(NC)C(=O)OCC)CC1CC1. The van der Waals surface area contributed by atoms with Crippen molar-refractivity contribution in [2.24, 2.45) is 5.92 Å². The molecule has 0 radical (unpaired) electrons. The molecule has 4 heteroatoms. The van der Waals surface area contributed by atoms with Crippen LogP contribution in [0.1, 0.15) is 39.5 Å². The van der Waals surface area contributed by atoms with Gasteiger partial charge in [-0.1, -0.05) is 6.92 Å². The van der Waals surface area contributed by atoms with Crippen molar-refractivity contribution in [1.29, 1.82) is 0 Å². The zero-order valence-electron chi connectivity index (χ0n) is 12.1. The molecule has 1 N–H and O–H groups in total. The quantitative estimate of drug-likeness (QED) is 0.604. The lowest BCUT2D eigenvalue weighted by molar-refractivity contribution is -0.145. The number of esters is 1. The fourth-order valence-corrected chi connectivity index (χ4v) is 2.21. The first-order valence-electron chi connectivity index (χ1n) is 7.27. The Balaban J connectivity index is 2.30. The number of carbonyl (C=O) groups excluding carboxylic acids is 1. The highest BCUT2D eigenvalue weighted by atomic mass is 16.5. The maximum Gasteiger partial charge on any atom is 0.323 e. The smallest absolute Gasteiger partial charge is 0.323 e. The maximum atomic E-state index is 11.7. The van der Waals surface area contributed by atoms with Gasteiger partial charge in [0.1, 0.15) is 6.04 Å². The average Bonchev–Trinajstić information content (AvgIpc) is 3.14. The Morgan fingerprint density at radius 1 is 1.39 bits per heavy atom. The summed E-state index contributed by atoms with van der Waals surface area (Å²) in [4.78, 5) is 14.2. The van der Waals surface area contributed by atoms with Crippen molar-refractivity contribution in [2.75, 3.05) is 33.3 Å². The Hall–Kier alpha value is -0.610. The average molecular weight is 256 g/mol. The van der Waals surface area contributed by atoms with Gasteiger partial charge in [-0.25, -0.2) is 0 Å². The van der Waals surface area contributed by atoms with Gasteiger partial charge in [0.05, 0.1) is 6.61 Å². The van der Waals surface area contributed by atoms with Gasteiger partial charge in [0, 0.05) is 13.1 Å². The number of nitrogens with one attached hydrogen (secondary N) is 1. The standard InChI is InChI=1S/C14H28N2O2/c1-4-9-16(11-12-6-7-12)10-8-13(15-3)14(17)18-5-2/h12-13,15H,4-11H2,1-3H3. The van der Waals surface area contributed by atoms with Crippen molar-refractivity contribution in [1.82, 2.24) is 10.2 Å². The maximum absolute atomic E-state index is 11.7. The van der Waals surface area contributed by atoms with E-state index in [9.17, 15) is 4.79 Å². The van der Waals surface area contributed by atoms with E-state index in [1.807, 2.05) is 14.0 Å². The highest BCUT2D eigenvalue weighted by Gasteiger charge is 2.25. The molecule has 1 unspecified atom stereocenters. The number of hydrogen-bond donors (Lipinski definition) is 1. The number of likely N-dealkylation sites (N-methyl/N-ethyl adjacent to an activating group) is 1. The van der Waals surface area contributed by atoms with Crippen LogP contribution in [0, 0.1) is 5.92 Å². The molecule has 1 fully saturated rings. The Labute approximate surface area is 111 Å². The second-order valence-electron chi connectivity index (χ2n) is 5.13. The molecule has 1 saturated carbocycles. The van der Waals surface area contributed by atoms with Gasteiger partial charge in [0.15, 0.2) is 0 Å². The van der Waals surface area contributed by atoms with Gasteiger partial charge in [0.2, 0.25) is 0 Å². The van der Waals surface area contributed by atoms with E-state index < -0.39 is 0 Å².